The molecule has 7 heteroatoms. The summed E-state index contributed by atoms with van der Waals surface area (Å²) in [6.45, 7) is 2.58. The van der Waals surface area contributed by atoms with Crippen molar-refractivity contribution in [2.45, 2.75) is 57.9 Å². The molecule has 1 heterocycles. The van der Waals surface area contributed by atoms with Crippen molar-refractivity contribution in [1.29, 1.82) is 0 Å². The van der Waals surface area contributed by atoms with Crippen LogP contribution < -0.4 is 5.32 Å². The molecule has 0 radical (unpaired) electrons. The fraction of sp³-hybridized carbons (Fsp3) is 0.800. The number of carbonyl (C=O) groups is 3. The number of hydrogen-bond acceptors (Lipinski definition) is 4. The molecule has 1 rings (SSSR count). The topological polar surface area (TPSA) is 86.7 Å². The van der Waals surface area contributed by atoms with Crippen LogP contribution in [0.5, 0.6) is 0 Å². The second-order valence-corrected chi connectivity index (χ2v) is 6.48. The lowest BCUT2D eigenvalue weighted by Gasteiger charge is -2.23. The molecule has 0 saturated carbocycles. The lowest BCUT2D eigenvalue weighted by atomic mass is 10.2. The van der Waals surface area contributed by atoms with Crippen molar-refractivity contribution < 1.29 is 19.5 Å². The van der Waals surface area contributed by atoms with Gasteiger partial charge in [-0.2, -0.15) is 0 Å². The molecule has 1 atom stereocenters. The summed E-state index contributed by atoms with van der Waals surface area (Å²) >= 11 is 1.61. The number of thioether (sulfide) groups is 1. The Hall–Kier alpha value is -1.24. The van der Waals surface area contributed by atoms with E-state index in [1.165, 1.54) is 0 Å². The number of rotatable bonds is 10. The maximum atomic E-state index is 12.2. The number of amides is 2. The normalized spacial score (nSPS) is 17.5. The quantitative estimate of drug-likeness (QED) is 0.597. The van der Waals surface area contributed by atoms with Crippen molar-refractivity contribution in [2.24, 2.45) is 0 Å². The van der Waals surface area contributed by atoms with Crippen molar-refractivity contribution in [3.05, 3.63) is 0 Å². The molecule has 2 amide bonds. The molecule has 126 valence electrons. The molecule has 0 aliphatic carbocycles. The highest BCUT2D eigenvalue weighted by Gasteiger charge is 2.33. The third-order valence-corrected chi connectivity index (χ3v) is 4.63. The Bertz CT molecular complexity index is 390. The zero-order valence-corrected chi connectivity index (χ0v) is 14.0. The molecule has 22 heavy (non-hydrogen) atoms. The number of aliphatic carboxylic acids is 1. The Morgan fingerprint density at radius 3 is 2.64 bits per heavy atom. The summed E-state index contributed by atoms with van der Waals surface area (Å²) in [6, 6.07) is -0.353. The van der Waals surface area contributed by atoms with Gasteiger partial charge >= 0.3 is 5.97 Å². The van der Waals surface area contributed by atoms with Crippen molar-refractivity contribution in [3.8, 4) is 0 Å². The van der Waals surface area contributed by atoms with Gasteiger partial charge in [0.2, 0.25) is 11.8 Å². The van der Waals surface area contributed by atoms with Gasteiger partial charge < -0.3 is 15.3 Å². The molecule has 1 aliphatic rings. The molecule has 0 bridgehead atoms. The molecule has 0 aromatic heterocycles. The minimum absolute atomic E-state index is 0.0634. The number of carbonyl (C=O) groups excluding carboxylic acids is 2. The van der Waals surface area contributed by atoms with Gasteiger partial charge in [-0.05, 0) is 19.3 Å². The first-order valence-electron chi connectivity index (χ1n) is 7.93. The van der Waals surface area contributed by atoms with E-state index in [0.717, 1.165) is 25.7 Å². The van der Waals surface area contributed by atoms with Gasteiger partial charge in [-0.1, -0.05) is 19.8 Å². The summed E-state index contributed by atoms with van der Waals surface area (Å²) in [5.74, 6) is 0.442. The molecule has 2 N–H and O–H groups in total. The second kappa shape index (κ2) is 10.5. The van der Waals surface area contributed by atoms with E-state index in [9.17, 15) is 14.4 Å². The van der Waals surface area contributed by atoms with Gasteiger partial charge in [0.25, 0.3) is 0 Å². The largest absolute Gasteiger partial charge is 0.481 e. The average Bonchev–Trinajstić information content (AvgIpc) is 2.97. The summed E-state index contributed by atoms with van der Waals surface area (Å²) in [4.78, 5) is 36.3. The number of carboxylic acid groups (broad SMARTS) is 1. The number of carboxylic acids is 1. The molecular formula is C15H26N2O4S. The molecule has 1 saturated heterocycles. The monoisotopic (exact) mass is 330 g/mol. The van der Waals surface area contributed by atoms with Crippen molar-refractivity contribution >= 4 is 29.5 Å². The summed E-state index contributed by atoms with van der Waals surface area (Å²) < 4.78 is 0. The van der Waals surface area contributed by atoms with Crippen LogP contribution in [0.3, 0.4) is 0 Å². The Balaban J connectivity index is 2.25. The standard InChI is InChI=1S/C15H26N2O4S/c1-2-3-7-13(18)17-11-22-10-12(17)15(21)16-9-6-4-5-8-14(19)20/h12H,2-11H2,1H3,(H,16,21)(H,19,20). The fourth-order valence-corrected chi connectivity index (χ4v) is 3.47. The third-order valence-electron chi connectivity index (χ3n) is 3.62. The van der Waals surface area contributed by atoms with Crippen LogP contribution in [0.4, 0.5) is 0 Å². The van der Waals surface area contributed by atoms with Crippen LogP contribution in [0.15, 0.2) is 0 Å². The van der Waals surface area contributed by atoms with Crippen LogP contribution >= 0.6 is 11.8 Å². The van der Waals surface area contributed by atoms with Gasteiger partial charge in [0, 0.05) is 25.1 Å². The van der Waals surface area contributed by atoms with Crippen LogP contribution in [0.1, 0.15) is 51.9 Å². The van der Waals surface area contributed by atoms with Gasteiger partial charge in [0.15, 0.2) is 0 Å². The molecular weight excluding hydrogens is 304 g/mol. The molecule has 0 aromatic carbocycles. The van der Waals surface area contributed by atoms with Gasteiger partial charge in [0.05, 0.1) is 5.88 Å². The van der Waals surface area contributed by atoms with Crippen molar-refractivity contribution in [1.82, 2.24) is 10.2 Å². The predicted molar refractivity (Wildman–Crippen MR) is 86.6 cm³/mol. The Morgan fingerprint density at radius 1 is 1.18 bits per heavy atom. The first-order valence-corrected chi connectivity index (χ1v) is 9.08. The van der Waals surface area contributed by atoms with E-state index in [2.05, 4.69) is 5.32 Å². The van der Waals surface area contributed by atoms with Crippen molar-refractivity contribution in [2.75, 3.05) is 18.2 Å². The summed E-state index contributed by atoms with van der Waals surface area (Å²) in [5, 5.41) is 11.4. The highest BCUT2D eigenvalue weighted by molar-refractivity contribution is 7.99. The van der Waals surface area contributed by atoms with Gasteiger partial charge in [-0.3, -0.25) is 14.4 Å². The van der Waals surface area contributed by atoms with Crippen LogP contribution in [0.2, 0.25) is 0 Å². The first-order chi connectivity index (χ1) is 10.6. The lowest BCUT2D eigenvalue weighted by Crippen LogP contribution is -2.47. The molecule has 6 nitrogen and oxygen atoms in total. The smallest absolute Gasteiger partial charge is 0.303 e. The summed E-state index contributed by atoms with van der Waals surface area (Å²) in [5.41, 5.74) is 0. The van der Waals surface area contributed by atoms with Gasteiger partial charge in [0.1, 0.15) is 6.04 Å². The number of nitrogens with one attached hydrogen (secondary N) is 1. The van der Waals surface area contributed by atoms with Crippen molar-refractivity contribution in [3.63, 3.8) is 0 Å². The zero-order chi connectivity index (χ0) is 16.4. The molecule has 1 fully saturated rings. The van der Waals surface area contributed by atoms with Crippen LogP contribution in [-0.4, -0.2) is 52.0 Å². The first kappa shape index (κ1) is 18.8. The highest BCUT2D eigenvalue weighted by Crippen LogP contribution is 2.22. The molecule has 0 aromatic rings. The third kappa shape index (κ3) is 6.68. The number of hydrogen-bond donors (Lipinski definition) is 2. The van der Waals surface area contributed by atoms with E-state index in [-0.39, 0.29) is 24.3 Å². The zero-order valence-electron chi connectivity index (χ0n) is 13.2. The summed E-state index contributed by atoms with van der Waals surface area (Å²) in [7, 11) is 0. The lowest BCUT2D eigenvalue weighted by molar-refractivity contribution is -0.138. The molecule has 1 unspecified atom stereocenters. The Morgan fingerprint density at radius 2 is 1.95 bits per heavy atom. The van der Waals surface area contributed by atoms with E-state index in [1.54, 1.807) is 16.7 Å². The average molecular weight is 330 g/mol. The van der Waals surface area contributed by atoms with Crippen LogP contribution in [0, 0.1) is 0 Å². The minimum Gasteiger partial charge on any atom is -0.481 e. The van der Waals surface area contributed by atoms with E-state index in [0.29, 0.717) is 31.0 Å². The van der Waals surface area contributed by atoms with Crippen LogP contribution in [0.25, 0.3) is 0 Å². The highest BCUT2D eigenvalue weighted by atomic mass is 32.2. The van der Waals surface area contributed by atoms with E-state index < -0.39 is 5.97 Å². The van der Waals surface area contributed by atoms with Gasteiger partial charge in [-0.15, -0.1) is 11.8 Å². The fourth-order valence-electron chi connectivity index (χ4n) is 2.28. The summed E-state index contributed by atoms with van der Waals surface area (Å²) in [6.07, 6.45) is 4.70. The van der Waals surface area contributed by atoms with E-state index in [1.807, 2.05) is 6.92 Å². The minimum atomic E-state index is -0.784. The SMILES string of the molecule is CCCCC(=O)N1CSCC1C(=O)NCCCCCC(=O)O. The number of unbranched alkanes of at least 4 members (excludes halogenated alkanes) is 3. The molecule has 1 aliphatic heterocycles. The van der Waals surface area contributed by atoms with E-state index in [4.69, 9.17) is 5.11 Å². The maximum Gasteiger partial charge on any atom is 0.303 e. The second-order valence-electron chi connectivity index (χ2n) is 5.48. The van der Waals surface area contributed by atoms with E-state index >= 15 is 0 Å². The Labute approximate surface area is 136 Å². The van der Waals surface area contributed by atoms with Gasteiger partial charge in [-0.25, -0.2) is 0 Å². The number of nitrogens with zero attached hydrogens (tertiary/aromatic N) is 1. The maximum absolute atomic E-state index is 12.2. The predicted octanol–water partition coefficient (Wildman–Crippen LogP) is 1.84. The molecule has 0 spiro atoms. The Kier molecular flexibility index (Phi) is 8.96. The van der Waals surface area contributed by atoms with Crippen LogP contribution in [-0.2, 0) is 14.4 Å².